The number of benzene rings is 1. The molecule has 0 spiro atoms. The second-order valence-electron chi connectivity index (χ2n) is 6.04. The molecule has 0 heterocycles. The number of nitrogens with zero attached hydrogens (tertiary/aromatic N) is 2. The van der Waals surface area contributed by atoms with Crippen LogP contribution in [0.25, 0.3) is 0 Å². The number of allylic oxidation sites excluding steroid dienone is 2. The summed E-state index contributed by atoms with van der Waals surface area (Å²) in [6.45, 7) is 6.64. The van der Waals surface area contributed by atoms with Crippen molar-refractivity contribution in [3.05, 3.63) is 52.8 Å². The van der Waals surface area contributed by atoms with Gasteiger partial charge >= 0.3 is 5.97 Å². The van der Waals surface area contributed by atoms with E-state index in [0.717, 1.165) is 17.8 Å². The zero-order chi connectivity index (χ0) is 18.3. The molecule has 0 atom stereocenters. The summed E-state index contributed by atoms with van der Waals surface area (Å²) in [6.07, 6.45) is 3.11. The predicted molar refractivity (Wildman–Crippen MR) is 95.1 cm³/mol. The average molecular weight is 328 g/mol. The summed E-state index contributed by atoms with van der Waals surface area (Å²) in [7, 11) is 1.95. The van der Waals surface area contributed by atoms with Crippen LogP contribution in [-0.2, 0) is 11.2 Å². The first-order valence-electron chi connectivity index (χ1n) is 7.83. The molecule has 1 rings (SSSR count). The van der Waals surface area contributed by atoms with Gasteiger partial charge in [-0.25, -0.2) is 4.79 Å². The lowest BCUT2D eigenvalue weighted by Gasteiger charge is -2.22. The molecule has 24 heavy (non-hydrogen) atoms. The highest BCUT2D eigenvalue weighted by molar-refractivity contribution is 5.90. The summed E-state index contributed by atoms with van der Waals surface area (Å²) in [5, 5.41) is 28.1. The summed E-state index contributed by atoms with van der Waals surface area (Å²) in [6, 6.07) is 7.70. The van der Waals surface area contributed by atoms with Crippen molar-refractivity contribution in [2.24, 2.45) is 5.92 Å². The maximum absolute atomic E-state index is 11.2. The van der Waals surface area contributed by atoms with Gasteiger partial charge in [-0.05, 0) is 43.0 Å². The second kappa shape index (κ2) is 8.78. The monoisotopic (exact) mass is 328 g/mol. The van der Waals surface area contributed by atoms with Crippen molar-refractivity contribution in [1.82, 2.24) is 0 Å². The predicted octanol–water partition coefficient (Wildman–Crippen LogP) is 3.67. The minimum Gasteiger partial charge on any atom is -0.507 e. The van der Waals surface area contributed by atoms with Crippen LogP contribution >= 0.6 is 0 Å². The van der Waals surface area contributed by atoms with Crippen LogP contribution in [-0.4, -0.2) is 29.8 Å². The molecule has 0 aliphatic heterocycles. The van der Waals surface area contributed by atoms with E-state index in [9.17, 15) is 15.2 Å². The van der Waals surface area contributed by atoms with Gasteiger partial charge in [0.15, 0.2) is 0 Å². The molecule has 5 heteroatoms. The molecule has 0 unspecified atom stereocenters. The van der Waals surface area contributed by atoms with E-state index >= 15 is 0 Å². The third-order valence-corrected chi connectivity index (χ3v) is 3.55. The Morgan fingerprint density at radius 3 is 2.54 bits per heavy atom. The highest BCUT2D eigenvalue weighted by atomic mass is 16.4. The van der Waals surface area contributed by atoms with E-state index in [0.29, 0.717) is 17.9 Å². The van der Waals surface area contributed by atoms with E-state index in [1.807, 2.05) is 24.1 Å². The largest absolute Gasteiger partial charge is 0.507 e. The van der Waals surface area contributed by atoms with Gasteiger partial charge in [-0.1, -0.05) is 26.0 Å². The molecule has 0 fully saturated rings. The number of nitriles is 1. The standard InChI is InChI=1S/C19H24N2O3/c1-5-18(22)16(19(23)24)8-6-14-7-9-17(15(10-14)11-20)21(4)12-13(2)3/h5,7-10,13,22H,6,12H2,1-4H3,(H,23,24)/b16-8+,18-5+. The summed E-state index contributed by atoms with van der Waals surface area (Å²) in [5.74, 6) is -0.971. The SMILES string of the molecule is C/C=C(O)\C(=C/Cc1ccc(N(C)CC(C)C)c(C#N)c1)C(=O)O. The lowest BCUT2D eigenvalue weighted by molar-refractivity contribution is -0.132. The van der Waals surface area contributed by atoms with Crippen LogP contribution in [0.3, 0.4) is 0 Å². The van der Waals surface area contributed by atoms with Gasteiger partial charge in [0.25, 0.3) is 0 Å². The van der Waals surface area contributed by atoms with Crippen molar-refractivity contribution >= 4 is 11.7 Å². The van der Waals surface area contributed by atoms with Crippen molar-refractivity contribution < 1.29 is 15.0 Å². The molecule has 128 valence electrons. The van der Waals surface area contributed by atoms with Gasteiger partial charge in [-0.15, -0.1) is 0 Å². The van der Waals surface area contributed by atoms with E-state index in [4.69, 9.17) is 5.11 Å². The van der Waals surface area contributed by atoms with Crippen molar-refractivity contribution in [2.75, 3.05) is 18.5 Å². The number of aliphatic hydroxyl groups excluding tert-OH is 1. The first-order valence-corrected chi connectivity index (χ1v) is 7.83. The first-order chi connectivity index (χ1) is 11.3. The fourth-order valence-corrected chi connectivity index (χ4v) is 2.46. The van der Waals surface area contributed by atoms with Crippen molar-refractivity contribution in [3.63, 3.8) is 0 Å². The van der Waals surface area contributed by atoms with Gasteiger partial charge in [-0.3, -0.25) is 0 Å². The molecule has 0 amide bonds. The number of aliphatic carboxylic acids is 1. The van der Waals surface area contributed by atoms with Crippen LogP contribution in [0.2, 0.25) is 0 Å². The molecular weight excluding hydrogens is 304 g/mol. The number of carboxylic acid groups (broad SMARTS) is 1. The molecule has 2 N–H and O–H groups in total. The fourth-order valence-electron chi connectivity index (χ4n) is 2.46. The lowest BCUT2D eigenvalue weighted by atomic mass is 10.0. The smallest absolute Gasteiger partial charge is 0.339 e. The normalized spacial score (nSPS) is 12.2. The van der Waals surface area contributed by atoms with Crippen LogP contribution in [0.4, 0.5) is 5.69 Å². The zero-order valence-electron chi connectivity index (χ0n) is 14.6. The van der Waals surface area contributed by atoms with Crippen molar-refractivity contribution in [1.29, 1.82) is 5.26 Å². The Morgan fingerprint density at radius 1 is 1.38 bits per heavy atom. The minimum atomic E-state index is -1.18. The van der Waals surface area contributed by atoms with Crippen molar-refractivity contribution in [2.45, 2.75) is 27.2 Å². The highest BCUT2D eigenvalue weighted by Gasteiger charge is 2.12. The highest BCUT2D eigenvalue weighted by Crippen LogP contribution is 2.22. The Balaban J connectivity index is 3.08. The van der Waals surface area contributed by atoms with E-state index in [2.05, 4.69) is 19.9 Å². The van der Waals surface area contributed by atoms with Gasteiger partial charge in [0.2, 0.25) is 0 Å². The molecule has 1 aromatic rings. The molecule has 5 nitrogen and oxygen atoms in total. The molecule has 0 aromatic heterocycles. The van der Waals surface area contributed by atoms with Crippen LogP contribution in [0.5, 0.6) is 0 Å². The fraction of sp³-hybridized carbons (Fsp3) is 0.368. The zero-order valence-corrected chi connectivity index (χ0v) is 14.6. The molecule has 0 aliphatic carbocycles. The van der Waals surface area contributed by atoms with Gasteiger partial charge in [0.1, 0.15) is 11.8 Å². The number of hydrogen-bond donors (Lipinski definition) is 2. The van der Waals surface area contributed by atoms with E-state index in [1.165, 1.54) is 12.2 Å². The molecule has 0 saturated carbocycles. The van der Waals surface area contributed by atoms with Gasteiger partial charge in [0.05, 0.1) is 16.8 Å². The number of hydrogen-bond acceptors (Lipinski definition) is 4. The second-order valence-corrected chi connectivity index (χ2v) is 6.04. The Morgan fingerprint density at radius 2 is 2.04 bits per heavy atom. The molecule has 1 aromatic carbocycles. The number of rotatable bonds is 7. The topological polar surface area (TPSA) is 84.6 Å². The third-order valence-electron chi connectivity index (χ3n) is 3.55. The van der Waals surface area contributed by atoms with Crippen LogP contribution in [0.1, 0.15) is 31.9 Å². The number of carboxylic acids is 1. The maximum Gasteiger partial charge on any atom is 0.339 e. The quantitative estimate of drug-likeness (QED) is 0.453. The van der Waals surface area contributed by atoms with E-state index in [1.54, 1.807) is 13.0 Å². The van der Waals surface area contributed by atoms with Crippen LogP contribution in [0, 0.1) is 17.2 Å². The first kappa shape index (κ1) is 19.3. The Bertz CT molecular complexity index is 697. The van der Waals surface area contributed by atoms with Crippen molar-refractivity contribution in [3.8, 4) is 6.07 Å². The molecule has 0 bridgehead atoms. The summed E-state index contributed by atoms with van der Waals surface area (Å²) < 4.78 is 0. The summed E-state index contributed by atoms with van der Waals surface area (Å²) in [4.78, 5) is 13.2. The molecule has 0 radical (unpaired) electrons. The van der Waals surface area contributed by atoms with Gasteiger partial charge in [0, 0.05) is 13.6 Å². The number of aliphatic hydroxyl groups is 1. The average Bonchev–Trinajstić information content (AvgIpc) is 2.53. The van der Waals surface area contributed by atoms with Gasteiger partial charge in [-0.2, -0.15) is 5.26 Å². The Hall–Kier alpha value is -2.74. The molecular formula is C19H24N2O3. The van der Waals surface area contributed by atoms with Gasteiger partial charge < -0.3 is 15.1 Å². The Kier molecular flexibility index (Phi) is 7.06. The van der Waals surface area contributed by atoms with E-state index in [-0.39, 0.29) is 11.3 Å². The minimum absolute atomic E-state index is 0.142. The molecule has 0 aliphatic rings. The Labute approximate surface area is 143 Å². The van der Waals surface area contributed by atoms with E-state index < -0.39 is 5.97 Å². The third kappa shape index (κ3) is 5.17. The number of anilines is 1. The lowest BCUT2D eigenvalue weighted by Crippen LogP contribution is -2.23. The molecule has 0 saturated heterocycles. The maximum atomic E-state index is 11.2. The van der Waals surface area contributed by atoms with Crippen LogP contribution in [0.15, 0.2) is 41.7 Å². The number of carbonyl (C=O) groups is 1. The summed E-state index contributed by atoms with van der Waals surface area (Å²) >= 11 is 0. The van der Waals surface area contributed by atoms with Crippen LogP contribution < -0.4 is 4.90 Å². The summed E-state index contributed by atoms with van der Waals surface area (Å²) in [5.41, 5.74) is 2.08.